The summed E-state index contributed by atoms with van der Waals surface area (Å²) < 4.78 is 10.5. The second-order valence-electron chi connectivity index (χ2n) is 8.64. The molecular formula is C27H36N2O5. The van der Waals surface area contributed by atoms with E-state index in [4.69, 9.17) is 9.47 Å². The molecule has 0 aromatic heterocycles. The molecular weight excluding hydrogens is 432 g/mol. The monoisotopic (exact) mass is 468 g/mol. The predicted molar refractivity (Wildman–Crippen MR) is 132 cm³/mol. The first-order valence-corrected chi connectivity index (χ1v) is 11.9. The number of carbonyl (C=O) groups is 3. The topological polar surface area (TPSA) is 93.7 Å². The van der Waals surface area contributed by atoms with Crippen LogP contribution >= 0.6 is 0 Å². The highest BCUT2D eigenvalue weighted by Crippen LogP contribution is 2.12. The van der Waals surface area contributed by atoms with Crippen LogP contribution in [0.2, 0.25) is 0 Å². The maximum absolute atomic E-state index is 12.8. The molecule has 184 valence electrons. The molecule has 7 nitrogen and oxygen atoms in total. The van der Waals surface area contributed by atoms with Gasteiger partial charge in [-0.2, -0.15) is 0 Å². The fraction of sp³-hybridized carbons (Fsp3) is 0.444. The smallest absolute Gasteiger partial charge is 0.408 e. The highest BCUT2D eigenvalue weighted by Gasteiger charge is 2.21. The number of hydrogen-bond acceptors (Lipinski definition) is 5. The van der Waals surface area contributed by atoms with Crippen molar-refractivity contribution in [1.82, 2.24) is 5.32 Å². The summed E-state index contributed by atoms with van der Waals surface area (Å²) in [4.78, 5) is 36.9. The third-order valence-corrected chi connectivity index (χ3v) is 5.06. The predicted octanol–water partition coefficient (Wildman–Crippen LogP) is 5.46. The summed E-state index contributed by atoms with van der Waals surface area (Å²) in [5.41, 5.74) is 1.53. The van der Waals surface area contributed by atoms with Gasteiger partial charge < -0.3 is 20.1 Å². The second-order valence-corrected chi connectivity index (χ2v) is 8.64. The minimum absolute atomic E-state index is 0.132. The van der Waals surface area contributed by atoms with E-state index >= 15 is 0 Å². The van der Waals surface area contributed by atoms with Crippen LogP contribution in [0.3, 0.4) is 0 Å². The van der Waals surface area contributed by atoms with E-state index < -0.39 is 12.1 Å². The number of anilines is 1. The minimum Gasteiger partial charge on any atom is -0.465 e. The van der Waals surface area contributed by atoms with Crippen molar-refractivity contribution >= 4 is 23.7 Å². The van der Waals surface area contributed by atoms with Gasteiger partial charge in [0.2, 0.25) is 5.91 Å². The normalized spacial score (nSPS) is 11.5. The Labute approximate surface area is 202 Å². The number of rotatable bonds is 14. The molecule has 0 saturated heterocycles. The lowest BCUT2D eigenvalue weighted by molar-refractivity contribution is -0.144. The third-order valence-electron chi connectivity index (χ3n) is 5.06. The first-order valence-electron chi connectivity index (χ1n) is 11.9. The van der Waals surface area contributed by atoms with Crippen molar-refractivity contribution in [2.75, 3.05) is 11.9 Å². The van der Waals surface area contributed by atoms with Crippen LogP contribution in [0, 0.1) is 5.92 Å². The highest BCUT2D eigenvalue weighted by atomic mass is 16.5. The molecule has 2 rings (SSSR count). The number of para-hydroxylation sites is 1. The van der Waals surface area contributed by atoms with E-state index in [1.54, 1.807) is 12.1 Å². The van der Waals surface area contributed by atoms with E-state index in [9.17, 15) is 14.4 Å². The van der Waals surface area contributed by atoms with Gasteiger partial charge >= 0.3 is 12.1 Å². The van der Waals surface area contributed by atoms with Crippen molar-refractivity contribution in [3.8, 4) is 0 Å². The Balaban J connectivity index is 1.79. The molecule has 0 heterocycles. The molecule has 0 saturated carbocycles. The van der Waals surface area contributed by atoms with Crippen LogP contribution in [0.4, 0.5) is 10.5 Å². The number of hydrogen-bond donors (Lipinski definition) is 2. The number of amides is 2. The molecule has 7 heteroatoms. The minimum atomic E-state index is -0.723. The number of nitrogens with one attached hydrogen (secondary N) is 2. The van der Waals surface area contributed by atoms with Crippen molar-refractivity contribution in [2.45, 2.75) is 65.0 Å². The van der Waals surface area contributed by atoms with Gasteiger partial charge in [0.1, 0.15) is 12.6 Å². The number of alkyl carbamates (subject to hydrolysis) is 1. The molecule has 2 aromatic carbocycles. The molecule has 2 amide bonds. The van der Waals surface area contributed by atoms with Crippen LogP contribution in [0.15, 0.2) is 60.7 Å². The Morgan fingerprint density at radius 3 is 2.15 bits per heavy atom. The van der Waals surface area contributed by atoms with E-state index in [1.165, 1.54) is 0 Å². The standard InChI is InChI=1S/C27H36N2O5/c1-21(2)19-33-25(30)18-12-4-3-11-17-24(26(31)28-23-15-9-6-10-16-23)29-27(32)34-20-22-13-7-5-8-14-22/h5-10,13-16,21,24H,3-4,11-12,17-20H2,1-2H3,(H,28,31)(H,29,32)/t24-/m0/s1. The zero-order valence-electron chi connectivity index (χ0n) is 20.1. The van der Waals surface area contributed by atoms with Crippen LogP contribution in [0.25, 0.3) is 0 Å². The van der Waals surface area contributed by atoms with Gasteiger partial charge in [-0.05, 0) is 36.5 Å². The average molecular weight is 469 g/mol. The summed E-state index contributed by atoms with van der Waals surface area (Å²) >= 11 is 0. The average Bonchev–Trinajstić information content (AvgIpc) is 2.84. The third kappa shape index (κ3) is 11.5. The van der Waals surface area contributed by atoms with Gasteiger partial charge in [0.05, 0.1) is 6.61 Å². The van der Waals surface area contributed by atoms with Gasteiger partial charge in [-0.25, -0.2) is 4.79 Å². The van der Waals surface area contributed by atoms with Crippen molar-refractivity contribution in [3.05, 3.63) is 66.2 Å². The number of unbranched alkanes of at least 4 members (excludes halogenated alkanes) is 3. The lowest BCUT2D eigenvalue weighted by Crippen LogP contribution is -2.44. The molecule has 0 aliphatic rings. The van der Waals surface area contributed by atoms with Gasteiger partial charge in [-0.15, -0.1) is 0 Å². The van der Waals surface area contributed by atoms with Gasteiger partial charge in [0.25, 0.3) is 0 Å². The molecule has 0 aliphatic carbocycles. The Morgan fingerprint density at radius 1 is 0.824 bits per heavy atom. The van der Waals surface area contributed by atoms with Crippen LogP contribution in [-0.4, -0.2) is 30.6 Å². The summed E-state index contributed by atoms with van der Waals surface area (Å²) in [6, 6.07) is 17.8. The Bertz CT molecular complexity index is 871. The van der Waals surface area contributed by atoms with Gasteiger partial charge in [0, 0.05) is 12.1 Å². The largest absolute Gasteiger partial charge is 0.465 e. The Kier molecular flexibility index (Phi) is 12.2. The van der Waals surface area contributed by atoms with Crippen LogP contribution in [0.1, 0.15) is 57.9 Å². The SMILES string of the molecule is CC(C)COC(=O)CCCCCC[C@H](NC(=O)OCc1ccccc1)C(=O)Nc1ccccc1. The first-order chi connectivity index (χ1) is 16.4. The summed E-state index contributed by atoms with van der Waals surface area (Å²) in [6.07, 6.45) is 3.39. The van der Waals surface area contributed by atoms with E-state index in [-0.39, 0.29) is 18.5 Å². The second kappa shape index (κ2) is 15.5. The number of ether oxygens (including phenoxy) is 2. The van der Waals surface area contributed by atoms with Crippen molar-refractivity contribution in [3.63, 3.8) is 0 Å². The van der Waals surface area contributed by atoms with Crippen molar-refractivity contribution in [1.29, 1.82) is 0 Å². The molecule has 34 heavy (non-hydrogen) atoms. The Hall–Kier alpha value is -3.35. The van der Waals surface area contributed by atoms with E-state index in [1.807, 2.05) is 62.4 Å². The summed E-state index contributed by atoms with van der Waals surface area (Å²) in [5.74, 6) is -0.133. The molecule has 2 aromatic rings. The first kappa shape index (κ1) is 26.9. The summed E-state index contributed by atoms with van der Waals surface area (Å²) in [5, 5.41) is 5.54. The lowest BCUT2D eigenvalue weighted by atomic mass is 10.1. The van der Waals surface area contributed by atoms with Gasteiger partial charge in [-0.3, -0.25) is 9.59 Å². The van der Waals surface area contributed by atoms with E-state index in [0.717, 1.165) is 31.2 Å². The number of esters is 1. The molecule has 0 unspecified atom stereocenters. The molecule has 0 aliphatic heterocycles. The number of benzene rings is 2. The molecule has 1 atom stereocenters. The quantitative estimate of drug-likeness (QED) is 0.284. The lowest BCUT2D eigenvalue weighted by Gasteiger charge is -2.18. The fourth-order valence-corrected chi connectivity index (χ4v) is 3.23. The van der Waals surface area contributed by atoms with Crippen LogP contribution < -0.4 is 10.6 Å². The summed E-state index contributed by atoms with van der Waals surface area (Å²) in [6.45, 7) is 4.59. The highest BCUT2D eigenvalue weighted by molar-refractivity contribution is 5.96. The van der Waals surface area contributed by atoms with E-state index in [0.29, 0.717) is 31.1 Å². The Morgan fingerprint density at radius 2 is 1.47 bits per heavy atom. The number of carbonyl (C=O) groups excluding carboxylic acids is 3. The van der Waals surface area contributed by atoms with Crippen LogP contribution in [-0.2, 0) is 25.7 Å². The summed E-state index contributed by atoms with van der Waals surface area (Å²) in [7, 11) is 0. The zero-order valence-corrected chi connectivity index (χ0v) is 20.1. The molecule has 0 radical (unpaired) electrons. The van der Waals surface area contributed by atoms with Crippen molar-refractivity contribution < 1.29 is 23.9 Å². The molecule has 2 N–H and O–H groups in total. The molecule has 0 fully saturated rings. The van der Waals surface area contributed by atoms with E-state index in [2.05, 4.69) is 10.6 Å². The zero-order chi connectivity index (χ0) is 24.6. The molecule has 0 bridgehead atoms. The maximum atomic E-state index is 12.8. The fourth-order valence-electron chi connectivity index (χ4n) is 3.23. The maximum Gasteiger partial charge on any atom is 0.408 e. The van der Waals surface area contributed by atoms with Gasteiger partial charge in [0.15, 0.2) is 0 Å². The van der Waals surface area contributed by atoms with Crippen LogP contribution in [0.5, 0.6) is 0 Å². The van der Waals surface area contributed by atoms with Crippen molar-refractivity contribution in [2.24, 2.45) is 5.92 Å². The van der Waals surface area contributed by atoms with Gasteiger partial charge in [-0.1, -0.05) is 81.6 Å². The molecule has 0 spiro atoms.